The van der Waals surface area contributed by atoms with Crippen LogP contribution in [0.4, 0.5) is 4.79 Å². The molecule has 3 rings (SSSR count). The van der Waals surface area contributed by atoms with Crippen molar-refractivity contribution < 1.29 is 14.4 Å². The fourth-order valence-corrected chi connectivity index (χ4v) is 4.49. The number of hydrogen-bond donors (Lipinski definition) is 1. The van der Waals surface area contributed by atoms with Gasteiger partial charge in [-0.25, -0.2) is 0 Å². The molecule has 0 aliphatic carbocycles. The van der Waals surface area contributed by atoms with Crippen molar-refractivity contribution in [2.24, 2.45) is 0 Å². The van der Waals surface area contributed by atoms with Crippen LogP contribution < -0.4 is 5.32 Å². The van der Waals surface area contributed by atoms with Gasteiger partial charge in [-0.15, -0.1) is 11.8 Å². The lowest BCUT2D eigenvalue weighted by Gasteiger charge is -2.13. The van der Waals surface area contributed by atoms with Gasteiger partial charge in [0.15, 0.2) is 0 Å². The second-order valence-electron chi connectivity index (χ2n) is 5.93. The average Bonchev–Trinajstić information content (AvgIpc) is 2.98. The van der Waals surface area contributed by atoms with Crippen LogP contribution in [0.2, 0.25) is 10.0 Å². The Morgan fingerprint density at radius 2 is 1.93 bits per heavy atom. The summed E-state index contributed by atoms with van der Waals surface area (Å²) in [5.74, 6) is -0.669. The smallest absolute Gasteiger partial charge is 0.293 e. The third-order valence-corrected chi connectivity index (χ3v) is 6.65. The van der Waals surface area contributed by atoms with Crippen LogP contribution >= 0.6 is 46.7 Å². The van der Waals surface area contributed by atoms with Gasteiger partial charge in [0.2, 0.25) is 0 Å². The number of imide groups is 1. The molecule has 0 unspecified atom stereocenters. The van der Waals surface area contributed by atoms with Crippen molar-refractivity contribution in [1.82, 2.24) is 10.2 Å². The van der Waals surface area contributed by atoms with Crippen molar-refractivity contribution in [3.8, 4) is 0 Å². The molecule has 0 radical (unpaired) electrons. The van der Waals surface area contributed by atoms with E-state index in [0.29, 0.717) is 21.2 Å². The van der Waals surface area contributed by atoms with E-state index in [1.54, 1.807) is 36.4 Å². The molecule has 2 aromatic carbocycles. The van der Waals surface area contributed by atoms with E-state index < -0.39 is 11.1 Å². The van der Waals surface area contributed by atoms with Gasteiger partial charge in [-0.1, -0.05) is 47.5 Å². The van der Waals surface area contributed by atoms with Crippen molar-refractivity contribution in [1.29, 1.82) is 0 Å². The van der Waals surface area contributed by atoms with Crippen LogP contribution in [0.1, 0.15) is 15.9 Å². The first-order valence-corrected chi connectivity index (χ1v) is 11.3. The lowest BCUT2D eigenvalue weighted by Crippen LogP contribution is -2.37. The summed E-state index contributed by atoms with van der Waals surface area (Å²) in [5, 5.41) is 3.06. The van der Waals surface area contributed by atoms with Crippen LogP contribution in [0.25, 0.3) is 6.08 Å². The van der Waals surface area contributed by atoms with E-state index >= 15 is 0 Å². The zero-order chi connectivity index (χ0) is 21.0. The number of rotatable bonds is 6. The van der Waals surface area contributed by atoms with Crippen LogP contribution in [0.3, 0.4) is 0 Å². The quantitative estimate of drug-likeness (QED) is 0.469. The third kappa shape index (κ3) is 4.98. The normalized spacial score (nSPS) is 15.3. The van der Waals surface area contributed by atoms with Crippen molar-refractivity contribution in [3.05, 3.63) is 68.5 Å². The van der Waals surface area contributed by atoms with E-state index in [4.69, 9.17) is 23.2 Å². The zero-order valence-electron chi connectivity index (χ0n) is 15.3. The Hall–Kier alpha value is -1.93. The van der Waals surface area contributed by atoms with Crippen LogP contribution in [0.5, 0.6) is 0 Å². The van der Waals surface area contributed by atoms with Crippen molar-refractivity contribution in [2.75, 3.05) is 19.3 Å². The average molecular weight is 467 g/mol. The molecule has 9 heteroatoms. The second kappa shape index (κ2) is 9.71. The van der Waals surface area contributed by atoms with E-state index in [9.17, 15) is 14.4 Å². The number of benzene rings is 2. The van der Waals surface area contributed by atoms with E-state index in [2.05, 4.69) is 5.32 Å². The molecule has 1 aliphatic heterocycles. The number of hydrogen-bond acceptors (Lipinski definition) is 5. The summed E-state index contributed by atoms with van der Waals surface area (Å²) in [4.78, 5) is 39.4. The predicted octanol–water partition coefficient (Wildman–Crippen LogP) is 5.18. The Kier molecular flexibility index (Phi) is 7.29. The molecule has 0 spiro atoms. The highest BCUT2D eigenvalue weighted by atomic mass is 35.5. The molecule has 5 nitrogen and oxygen atoms in total. The summed E-state index contributed by atoms with van der Waals surface area (Å²) in [6.45, 7) is 0.239. The van der Waals surface area contributed by atoms with Crippen LogP contribution in [-0.4, -0.2) is 41.3 Å². The van der Waals surface area contributed by atoms with Gasteiger partial charge in [0.1, 0.15) is 0 Å². The van der Waals surface area contributed by atoms with Crippen LogP contribution in [0.15, 0.2) is 52.3 Å². The first kappa shape index (κ1) is 21.8. The Bertz CT molecular complexity index is 1010. The lowest BCUT2D eigenvalue weighted by molar-refractivity contribution is -0.122. The minimum Gasteiger partial charge on any atom is -0.350 e. The molecule has 3 amide bonds. The summed E-state index contributed by atoms with van der Waals surface area (Å²) in [5.41, 5.74) is 1.12. The number of thioether (sulfide) groups is 2. The van der Waals surface area contributed by atoms with Crippen molar-refractivity contribution in [3.63, 3.8) is 0 Å². The van der Waals surface area contributed by atoms with Crippen molar-refractivity contribution in [2.45, 2.75) is 4.90 Å². The molecule has 0 aromatic heterocycles. The first-order valence-electron chi connectivity index (χ1n) is 8.53. The Morgan fingerprint density at radius 3 is 2.69 bits per heavy atom. The Labute approximate surface area is 186 Å². The summed E-state index contributed by atoms with van der Waals surface area (Å²) >= 11 is 14.4. The van der Waals surface area contributed by atoms with Gasteiger partial charge < -0.3 is 5.32 Å². The van der Waals surface area contributed by atoms with Gasteiger partial charge >= 0.3 is 0 Å². The molecule has 1 saturated heterocycles. The van der Waals surface area contributed by atoms with Crippen LogP contribution in [-0.2, 0) is 4.79 Å². The topological polar surface area (TPSA) is 66.5 Å². The number of halogens is 2. The summed E-state index contributed by atoms with van der Waals surface area (Å²) in [6, 6.07) is 12.3. The van der Waals surface area contributed by atoms with Gasteiger partial charge in [-0.3, -0.25) is 19.3 Å². The molecule has 1 heterocycles. The van der Waals surface area contributed by atoms with Gasteiger partial charge in [-0.2, -0.15) is 0 Å². The standard InChI is InChI=1S/C20H16Cl2N2O3S2/c1-28-15-8-3-2-6-13(15)18(25)23-9-10-24-19(26)16(29-20(24)27)11-12-5-4-7-14(21)17(12)22/h2-8,11H,9-10H2,1H3,(H,23,25)/b16-11-. The van der Waals surface area contributed by atoms with Gasteiger partial charge in [0.05, 0.1) is 20.5 Å². The number of nitrogens with one attached hydrogen (secondary N) is 1. The summed E-state index contributed by atoms with van der Waals surface area (Å²) in [7, 11) is 0. The number of amides is 3. The molecule has 1 aliphatic rings. The van der Waals surface area contributed by atoms with Gasteiger partial charge in [-0.05, 0) is 47.9 Å². The fraction of sp³-hybridized carbons (Fsp3) is 0.150. The molecular weight excluding hydrogens is 451 g/mol. The monoisotopic (exact) mass is 466 g/mol. The number of carbonyl (C=O) groups is 3. The number of nitrogens with zero attached hydrogens (tertiary/aromatic N) is 1. The molecule has 150 valence electrons. The molecule has 2 aromatic rings. The van der Waals surface area contributed by atoms with E-state index in [1.807, 2.05) is 18.4 Å². The lowest BCUT2D eigenvalue weighted by atomic mass is 10.2. The molecular formula is C20H16Cl2N2O3S2. The summed E-state index contributed by atoms with van der Waals surface area (Å²) in [6.07, 6.45) is 3.44. The van der Waals surface area contributed by atoms with Gasteiger partial charge in [0, 0.05) is 18.0 Å². The van der Waals surface area contributed by atoms with E-state index in [1.165, 1.54) is 11.8 Å². The summed E-state index contributed by atoms with van der Waals surface area (Å²) < 4.78 is 0. The zero-order valence-corrected chi connectivity index (χ0v) is 18.4. The molecule has 1 fully saturated rings. The maximum atomic E-state index is 12.6. The van der Waals surface area contributed by atoms with Gasteiger partial charge in [0.25, 0.3) is 17.1 Å². The SMILES string of the molecule is CSc1ccccc1C(=O)NCCN1C(=O)S/C(=C\c2cccc(Cl)c2Cl)C1=O. The minimum atomic E-state index is -0.421. The highest BCUT2D eigenvalue weighted by molar-refractivity contribution is 8.18. The highest BCUT2D eigenvalue weighted by Gasteiger charge is 2.34. The highest BCUT2D eigenvalue weighted by Crippen LogP contribution is 2.34. The molecule has 0 atom stereocenters. The van der Waals surface area contributed by atoms with Crippen molar-refractivity contribution >= 4 is 69.9 Å². The third-order valence-electron chi connectivity index (χ3n) is 4.11. The molecule has 29 heavy (non-hydrogen) atoms. The molecule has 0 saturated carbocycles. The Morgan fingerprint density at radius 1 is 1.17 bits per heavy atom. The largest absolute Gasteiger partial charge is 0.350 e. The predicted molar refractivity (Wildman–Crippen MR) is 120 cm³/mol. The first-order chi connectivity index (χ1) is 13.9. The molecule has 0 bridgehead atoms. The van der Waals surface area contributed by atoms with Crippen LogP contribution in [0, 0.1) is 0 Å². The Balaban J connectivity index is 1.64. The molecule has 1 N–H and O–H groups in total. The maximum absolute atomic E-state index is 12.6. The number of carbonyl (C=O) groups excluding carboxylic acids is 3. The van der Waals surface area contributed by atoms with E-state index in [-0.39, 0.29) is 23.9 Å². The maximum Gasteiger partial charge on any atom is 0.293 e. The van der Waals surface area contributed by atoms with E-state index in [0.717, 1.165) is 21.6 Å². The fourth-order valence-electron chi connectivity index (χ4n) is 2.67. The second-order valence-corrected chi connectivity index (χ2v) is 8.56. The minimum absolute atomic E-state index is 0.0818.